The molecule has 2 aromatic heterocycles. The molecule has 0 aliphatic carbocycles. The van der Waals surface area contributed by atoms with Gasteiger partial charge in [0.05, 0.1) is 33.7 Å². The summed E-state index contributed by atoms with van der Waals surface area (Å²) in [6.07, 6.45) is -4.41. The molecule has 0 aliphatic heterocycles. The molecule has 0 atom stereocenters. The summed E-state index contributed by atoms with van der Waals surface area (Å²) in [4.78, 5) is 5.19. The number of rotatable bonds is 5. The minimum Gasteiger partial charge on any atom is -0.309 e. The van der Waals surface area contributed by atoms with Crippen LogP contribution in [0, 0.1) is 6.92 Å². The summed E-state index contributed by atoms with van der Waals surface area (Å²) in [6.45, 7) is 2.11. The van der Waals surface area contributed by atoms with E-state index in [9.17, 15) is 13.2 Å². The van der Waals surface area contributed by atoms with E-state index in [2.05, 4.69) is 139 Å². The molecule has 11 aromatic rings. The molecular weight excluding hydrogens is 746 g/mol. The predicted octanol–water partition coefficient (Wildman–Crippen LogP) is 15.6. The van der Waals surface area contributed by atoms with E-state index in [1.54, 1.807) is 12.1 Å². The normalized spacial score (nSPS) is 12.0. The Morgan fingerprint density at radius 3 is 1.43 bits per heavy atom. The number of hydrogen-bond donors (Lipinski definition) is 0. The molecule has 0 bridgehead atoms. The van der Waals surface area contributed by atoms with Crippen LogP contribution in [-0.2, 0) is 6.18 Å². The first-order valence-corrected chi connectivity index (χ1v) is 20.0. The summed E-state index contributed by atoms with van der Waals surface area (Å²) in [7, 11) is 0. The molecule has 0 amide bonds. The maximum Gasteiger partial charge on any atom is 0.416 e. The van der Waals surface area contributed by atoms with Gasteiger partial charge in [-0.2, -0.15) is 13.2 Å². The molecule has 11 rings (SSSR count). The molecule has 0 fully saturated rings. The molecule has 5 heteroatoms. The van der Waals surface area contributed by atoms with Crippen LogP contribution in [0.5, 0.6) is 0 Å². The molecule has 0 radical (unpaired) electrons. The number of pyridine rings is 1. The highest BCUT2D eigenvalue weighted by atomic mass is 19.4. The highest BCUT2D eigenvalue weighted by Crippen LogP contribution is 2.43. The number of aryl methyl sites for hydroxylation is 1. The lowest BCUT2D eigenvalue weighted by Gasteiger charge is -2.15. The Kier molecular flexibility index (Phi) is 8.21. The maximum atomic E-state index is 13.6. The van der Waals surface area contributed by atoms with Gasteiger partial charge in [-0.1, -0.05) is 145 Å². The molecule has 0 saturated carbocycles. The molecule has 0 saturated heterocycles. The van der Waals surface area contributed by atoms with Gasteiger partial charge in [0.25, 0.3) is 0 Å². The molecule has 0 spiro atoms. The van der Waals surface area contributed by atoms with Crippen LogP contribution in [0.25, 0.3) is 105 Å². The number of aromatic nitrogens is 2. The minimum absolute atomic E-state index is 0.665. The zero-order valence-corrected chi connectivity index (χ0v) is 32.5. The lowest BCUT2D eigenvalue weighted by molar-refractivity contribution is -0.137. The third-order valence-corrected chi connectivity index (χ3v) is 11.9. The van der Waals surface area contributed by atoms with Crippen molar-refractivity contribution in [1.29, 1.82) is 0 Å². The molecule has 2 nitrogen and oxygen atoms in total. The standard InChI is InChI=1S/C55H35F3N2/c1-34-16-18-35(19-17-34)39-22-26-45-46(28-39)43-14-8-9-15-44(43)47-32-50-49-29-40(36-20-24-41(25-21-36)55(56,57)58)23-27-53(49)60(54(50)33-48(45)47)42-30-51(37-10-4-2-5-11-37)59-52(31-42)38-12-6-3-7-13-38/h2-33H,1H3. The first kappa shape index (κ1) is 35.6. The summed E-state index contributed by atoms with van der Waals surface area (Å²) >= 11 is 0. The van der Waals surface area contributed by atoms with Crippen molar-refractivity contribution < 1.29 is 13.2 Å². The van der Waals surface area contributed by atoms with E-state index in [-0.39, 0.29) is 0 Å². The fourth-order valence-corrected chi connectivity index (χ4v) is 8.86. The number of hydrogen-bond acceptors (Lipinski definition) is 1. The van der Waals surface area contributed by atoms with Crippen LogP contribution in [0.4, 0.5) is 13.2 Å². The fourth-order valence-electron chi connectivity index (χ4n) is 8.86. The summed E-state index contributed by atoms with van der Waals surface area (Å²) in [5, 5.41) is 9.00. The van der Waals surface area contributed by atoms with Crippen LogP contribution in [0.1, 0.15) is 11.1 Å². The average Bonchev–Trinajstić information content (AvgIpc) is 3.61. The van der Waals surface area contributed by atoms with Crippen molar-refractivity contribution in [3.8, 4) is 50.5 Å². The van der Waals surface area contributed by atoms with E-state index in [0.29, 0.717) is 5.56 Å². The third kappa shape index (κ3) is 6.01. The second-order valence-corrected chi connectivity index (χ2v) is 15.6. The Balaban J connectivity index is 1.23. The minimum atomic E-state index is -4.41. The number of benzene rings is 9. The summed E-state index contributed by atoms with van der Waals surface area (Å²) in [6, 6.07) is 65.2. The van der Waals surface area contributed by atoms with Gasteiger partial charge in [-0.25, -0.2) is 4.98 Å². The van der Waals surface area contributed by atoms with Gasteiger partial charge in [0.2, 0.25) is 0 Å². The Hall–Kier alpha value is -7.50. The van der Waals surface area contributed by atoms with Crippen molar-refractivity contribution in [2.45, 2.75) is 13.1 Å². The number of fused-ring (bicyclic) bond motifs is 9. The van der Waals surface area contributed by atoms with Crippen LogP contribution in [0.3, 0.4) is 0 Å². The molecule has 2 heterocycles. The SMILES string of the molecule is Cc1ccc(-c2ccc3c(c2)c2ccccc2c2cc4c5cc(-c6ccc(C(F)(F)F)cc6)ccc5n(-c5cc(-c6ccccc6)nc(-c6ccccc6)c5)c4cc32)cc1. The van der Waals surface area contributed by atoms with Crippen molar-refractivity contribution in [1.82, 2.24) is 9.55 Å². The van der Waals surface area contributed by atoms with Crippen LogP contribution >= 0.6 is 0 Å². The molecular formula is C55H35F3N2. The summed E-state index contributed by atoms with van der Waals surface area (Å²) < 4.78 is 43.1. The predicted molar refractivity (Wildman–Crippen MR) is 243 cm³/mol. The largest absolute Gasteiger partial charge is 0.416 e. The van der Waals surface area contributed by atoms with Crippen LogP contribution in [0.15, 0.2) is 194 Å². The van der Waals surface area contributed by atoms with Gasteiger partial charge in [-0.05, 0) is 116 Å². The van der Waals surface area contributed by atoms with E-state index in [1.165, 1.54) is 21.9 Å². The Morgan fingerprint density at radius 1 is 0.367 bits per heavy atom. The van der Waals surface area contributed by atoms with E-state index in [0.717, 1.165) is 94.8 Å². The topological polar surface area (TPSA) is 17.8 Å². The molecule has 286 valence electrons. The highest BCUT2D eigenvalue weighted by molar-refractivity contribution is 6.29. The quantitative estimate of drug-likeness (QED) is 0.159. The smallest absolute Gasteiger partial charge is 0.309 e. The second-order valence-electron chi connectivity index (χ2n) is 15.6. The van der Waals surface area contributed by atoms with Gasteiger partial charge in [0.15, 0.2) is 0 Å². The van der Waals surface area contributed by atoms with E-state index < -0.39 is 11.7 Å². The Labute approximate surface area is 344 Å². The first-order valence-electron chi connectivity index (χ1n) is 20.0. The molecule has 60 heavy (non-hydrogen) atoms. The summed E-state index contributed by atoms with van der Waals surface area (Å²) in [5.74, 6) is 0. The second kappa shape index (κ2) is 13.8. The Morgan fingerprint density at radius 2 is 0.833 bits per heavy atom. The number of alkyl halides is 3. The van der Waals surface area contributed by atoms with Crippen molar-refractivity contribution in [3.63, 3.8) is 0 Å². The van der Waals surface area contributed by atoms with E-state index in [4.69, 9.17) is 4.98 Å². The Bertz CT molecular complexity index is 3380. The van der Waals surface area contributed by atoms with E-state index >= 15 is 0 Å². The first-order chi connectivity index (χ1) is 29.3. The average molecular weight is 781 g/mol. The van der Waals surface area contributed by atoms with Crippen molar-refractivity contribution in [3.05, 3.63) is 205 Å². The molecule has 0 unspecified atom stereocenters. The zero-order chi connectivity index (χ0) is 40.5. The summed E-state index contributed by atoms with van der Waals surface area (Å²) in [5.41, 5.74) is 11.1. The van der Waals surface area contributed by atoms with Gasteiger partial charge in [0, 0.05) is 21.9 Å². The fraction of sp³-hybridized carbons (Fsp3) is 0.0364. The van der Waals surface area contributed by atoms with Gasteiger partial charge in [-0.15, -0.1) is 0 Å². The molecule has 9 aromatic carbocycles. The lowest BCUT2D eigenvalue weighted by Crippen LogP contribution is -2.03. The van der Waals surface area contributed by atoms with Crippen LogP contribution < -0.4 is 0 Å². The third-order valence-electron chi connectivity index (χ3n) is 11.9. The van der Waals surface area contributed by atoms with Gasteiger partial charge in [-0.3, -0.25) is 0 Å². The monoisotopic (exact) mass is 780 g/mol. The lowest BCUT2D eigenvalue weighted by atomic mass is 9.91. The van der Waals surface area contributed by atoms with Crippen LogP contribution in [-0.4, -0.2) is 9.55 Å². The van der Waals surface area contributed by atoms with Crippen molar-refractivity contribution >= 4 is 54.1 Å². The molecule has 0 N–H and O–H groups in total. The van der Waals surface area contributed by atoms with Gasteiger partial charge < -0.3 is 4.57 Å². The maximum absolute atomic E-state index is 13.6. The molecule has 0 aliphatic rings. The van der Waals surface area contributed by atoms with Crippen LogP contribution in [0.2, 0.25) is 0 Å². The van der Waals surface area contributed by atoms with Crippen molar-refractivity contribution in [2.24, 2.45) is 0 Å². The van der Waals surface area contributed by atoms with Gasteiger partial charge in [0.1, 0.15) is 0 Å². The zero-order valence-electron chi connectivity index (χ0n) is 32.5. The number of nitrogens with zero attached hydrogens (tertiary/aromatic N) is 2. The van der Waals surface area contributed by atoms with Gasteiger partial charge >= 0.3 is 6.18 Å². The van der Waals surface area contributed by atoms with E-state index in [1.807, 2.05) is 42.5 Å². The number of halogens is 3. The van der Waals surface area contributed by atoms with Crippen molar-refractivity contribution in [2.75, 3.05) is 0 Å². The highest BCUT2D eigenvalue weighted by Gasteiger charge is 2.30.